The van der Waals surface area contributed by atoms with Gasteiger partial charge < -0.3 is 9.84 Å². The Morgan fingerprint density at radius 1 is 1.32 bits per heavy atom. The molecule has 25 heavy (non-hydrogen) atoms. The maximum absolute atomic E-state index is 12.4. The number of imide groups is 1. The maximum Gasteiger partial charge on any atom is 0.289 e. The normalized spacial score (nSPS) is 14.2. The van der Waals surface area contributed by atoms with E-state index in [1.165, 1.54) is 4.90 Å². The first kappa shape index (κ1) is 17.2. The molecule has 1 aliphatic heterocycles. The van der Waals surface area contributed by atoms with E-state index in [1.54, 1.807) is 31.2 Å². The maximum atomic E-state index is 12.4. The minimum absolute atomic E-state index is 0.178. The molecule has 1 saturated heterocycles. The summed E-state index contributed by atoms with van der Waals surface area (Å²) >= 11 is 1.01. The number of thioether (sulfide) groups is 1. The third-order valence-electron chi connectivity index (χ3n) is 3.89. The highest BCUT2D eigenvalue weighted by Crippen LogP contribution is 2.22. The molecule has 1 fully saturated rings. The minimum atomic E-state index is -0.273. The first-order chi connectivity index (χ1) is 12.0. The Balaban J connectivity index is 1.68. The fraction of sp³-hybridized carbons (Fsp3) is 0.294. The van der Waals surface area contributed by atoms with Crippen molar-refractivity contribution in [3.05, 3.63) is 46.8 Å². The van der Waals surface area contributed by atoms with E-state index in [0.717, 1.165) is 17.3 Å². The van der Waals surface area contributed by atoms with Crippen LogP contribution in [0.15, 0.2) is 28.8 Å². The molecule has 0 aliphatic carbocycles. The van der Waals surface area contributed by atoms with Gasteiger partial charge in [-0.2, -0.15) is 0 Å². The highest BCUT2D eigenvalue weighted by molar-refractivity contribution is 8.14. The zero-order valence-corrected chi connectivity index (χ0v) is 14.7. The molecule has 0 saturated carbocycles. The zero-order valence-electron chi connectivity index (χ0n) is 13.9. The van der Waals surface area contributed by atoms with Crippen LogP contribution in [-0.2, 0) is 17.8 Å². The van der Waals surface area contributed by atoms with Crippen LogP contribution in [0, 0.1) is 6.92 Å². The quantitative estimate of drug-likeness (QED) is 0.882. The molecule has 2 heterocycles. The van der Waals surface area contributed by atoms with Gasteiger partial charge in [0.25, 0.3) is 11.1 Å². The third kappa shape index (κ3) is 3.58. The van der Waals surface area contributed by atoms with Crippen molar-refractivity contribution >= 4 is 34.5 Å². The van der Waals surface area contributed by atoms with Gasteiger partial charge in [0.15, 0.2) is 0 Å². The van der Waals surface area contributed by atoms with E-state index in [4.69, 9.17) is 4.52 Å². The predicted molar refractivity (Wildman–Crippen MR) is 93.4 cm³/mol. The zero-order chi connectivity index (χ0) is 18.0. The number of benzene rings is 1. The Labute approximate surface area is 148 Å². The second kappa shape index (κ2) is 7.10. The molecule has 7 nitrogen and oxygen atoms in total. The van der Waals surface area contributed by atoms with E-state index in [1.807, 2.05) is 6.92 Å². The monoisotopic (exact) mass is 359 g/mol. The fourth-order valence-electron chi connectivity index (χ4n) is 2.55. The smallest absolute Gasteiger partial charge is 0.289 e. The van der Waals surface area contributed by atoms with Crippen LogP contribution in [0.1, 0.15) is 34.3 Å². The van der Waals surface area contributed by atoms with Crippen LogP contribution in [0.5, 0.6) is 0 Å². The third-order valence-corrected chi connectivity index (χ3v) is 4.75. The van der Waals surface area contributed by atoms with E-state index < -0.39 is 0 Å². The summed E-state index contributed by atoms with van der Waals surface area (Å²) in [6.07, 6.45) is 0.606. The van der Waals surface area contributed by atoms with E-state index >= 15 is 0 Å². The van der Waals surface area contributed by atoms with Crippen LogP contribution in [0.3, 0.4) is 0 Å². The van der Waals surface area contributed by atoms with Crippen LogP contribution in [0.4, 0.5) is 10.5 Å². The molecular formula is C17H17N3O4S. The lowest BCUT2D eigenvalue weighted by Crippen LogP contribution is -2.27. The van der Waals surface area contributed by atoms with Crippen LogP contribution >= 0.6 is 11.8 Å². The van der Waals surface area contributed by atoms with Crippen LogP contribution in [-0.4, -0.2) is 32.9 Å². The number of rotatable bonds is 5. The molecule has 1 N–H and O–H groups in total. The molecule has 2 aromatic rings. The summed E-state index contributed by atoms with van der Waals surface area (Å²) in [4.78, 5) is 36.9. The second-order valence-electron chi connectivity index (χ2n) is 5.60. The summed E-state index contributed by atoms with van der Waals surface area (Å²) in [5.41, 5.74) is 2.51. The van der Waals surface area contributed by atoms with Crippen molar-refractivity contribution in [3.8, 4) is 0 Å². The molecule has 0 bridgehead atoms. The van der Waals surface area contributed by atoms with Gasteiger partial charge in [0.1, 0.15) is 11.3 Å². The van der Waals surface area contributed by atoms with Gasteiger partial charge in [-0.1, -0.05) is 36.0 Å². The van der Waals surface area contributed by atoms with Crippen LogP contribution in [0.2, 0.25) is 0 Å². The molecule has 3 rings (SSSR count). The largest absolute Gasteiger partial charge is 0.361 e. The van der Waals surface area contributed by atoms with Gasteiger partial charge in [-0.3, -0.25) is 19.3 Å². The molecule has 1 aromatic carbocycles. The molecule has 1 aliphatic rings. The van der Waals surface area contributed by atoms with Crippen molar-refractivity contribution in [1.29, 1.82) is 0 Å². The Bertz CT molecular complexity index is 813. The van der Waals surface area contributed by atoms with Crippen molar-refractivity contribution in [2.45, 2.75) is 26.8 Å². The van der Waals surface area contributed by atoms with Gasteiger partial charge in [0.2, 0.25) is 5.91 Å². The molecule has 0 unspecified atom stereocenters. The number of carbonyl (C=O) groups excluding carboxylic acids is 3. The number of nitrogens with one attached hydrogen (secondary N) is 1. The van der Waals surface area contributed by atoms with Crippen molar-refractivity contribution in [2.24, 2.45) is 0 Å². The van der Waals surface area contributed by atoms with Crippen molar-refractivity contribution in [1.82, 2.24) is 10.1 Å². The molecular weight excluding hydrogens is 342 g/mol. The first-order valence-electron chi connectivity index (χ1n) is 7.82. The SMILES string of the molecule is CCc1noc(C)c1C(=O)Nc1ccc(CN2C(=O)CSC2=O)cc1. The Kier molecular flexibility index (Phi) is 4.89. The summed E-state index contributed by atoms with van der Waals surface area (Å²) in [7, 11) is 0. The number of amides is 3. The summed E-state index contributed by atoms with van der Waals surface area (Å²) in [5.74, 6) is 0.228. The first-order valence-corrected chi connectivity index (χ1v) is 8.80. The van der Waals surface area contributed by atoms with Gasteiger partial charge >= 0.3 is 0 Å². The topological polar surface area (TPSA) is 92.5 Å². The van der Waals surface area contributed by atoms with Crippen molar-refractivity contribution in [3.63, 3.8) is 0 Å². The molecule has 0 spiro atoms. The number of aromatic nitrogens is 1. The summed E-state index contributed by atoms with van der Waals surface area (Å²) < 4.78 is 5.08. The number of hydrogen-bond acceptors (Lipinski definition) is 6. The second-order valence-corrected chi connectivity index (χ2v) is 6.53. The van der Waals surface area contributed by atoms with Gasteiger partial charge in [-0.05, 0) is 31.0 Å². The van der Waals surface area contributed by atoms with Crippen molar-refractivity contribution in [2.75, 3.05) is 11.1 Å². The summed E-state index contributed by atoms with van der Waals surface area (Å²) in [6.45, 7) is 3.85. The Morgan fingerprint density at radius 2 is 2.04 bits per heavy atom. The van der Waals surface area contributed by atoms with E-state index in [2.05, 4.69) is 10.5 Å². The highest BCUT2D eigenvalue weighted by Gasteiger charge is 2.29. The van der Waals surface area contributed by atoms with Gasteiger partial charge in [0.05, 0.1) is 18.0 Å². The van der Waals surface area contributed by atoms with Crippen LogP contribution < -0.4 is 5.32 Å². The summed E-state index contributed by atoms with van der Waals surface area (Å²) in [5, 5.41) is 6.46. The lowest BCUT2D eigenvalue weighted by molar-refractivity contribution is -0.125. The summed E-state index contributed by atoms with van der Waals surface area (Å²) in [6, 6.07) is 7.03. The fourth-order valence-corrected chi connectivity index (χ4v) is 3.28. The minimum Gasteiger partial charge on any atom is -0.361 e. The molecule has 0 atom stereocenters. The molecule has 130 valence electrons. The van der Waals surface area contributed by atoms with Crippen LogP contribution in [0.25, 0.3) is 0 Å². The van der Waals surface area contributed by atoms with E-state index in [-0.39, 0.29) is 29.4 Å². The molecule has 1 aromatic heterocycles. The number of anilines is 1. The molecule has 3 amide bonds. The molecule has 0 radical (unpaired) electrons. The predicted octanol–water partition coefficient (Wildman–Crippen LogP) is 2.99. The molecule has 8 heteroatoms. The number of aryl methyl sites for hydroxylation is 2. The standard InChI is InChI=1S/C17H17N3O4S/c1-3-13-15(10(2)24-19-13)16(22)18-12-6-4-11(5-7-12)8-20-14(21)9-25-17(20)23/h4-7H,3,8-9H2,1-2H3,(H,18,22). The van der Waals surface area contributed by atoms with Gasteiger partial charge in [-0.15, -0.1) is 0 Å². The number of carbonyl (C=O) groups is 3. The Morgan fingerprint density at radius 3 is 2.64 bits per heavy atom. The average molecular weight is 359 g/mol. The number of nitrogens with zero attached hydrogens (tertiary/aromatic N) is 2. The Hall–Kier alpha value is -2.61. The number of hydrogen-bond donors (Lipinski definition) is 1. The van der Waals surface area contributed by atoms with Gasteiger partial charge in [0, 0.05) is 5.69 Å². The van der Waals surface area contributed by atoms with E-state index in [9.17, 15) is 14.4 Å². The van der Waals surface area contributed by atoms with Gasteiger partial charge in [-0.25, -0.2) is 0 Å². The highest BCUT2D eigenvalue weighted by atomic mass is 32.2. The average Bonchev–Trinajstić information content (AvgIpc) is 3.13. The van der Waals surface area contributed by atoms with Crippen molar-refractivity contribution < 1.29 is 18.9 Å². The van der Waals surface area contributed by atoms with E-state index in [0.29, 0.717) is 29.1 Å². The lowest BCUT2D eigenvalue weighted by Gasteiger charge is -2.13. The lowest BCUT2D eigenvalue weighted by atomic mass is 10.1.